The second kappa shape index (κ2) is 10.5. The number of allylic oxidation sites excluding steroid dienone is 1. The Labute approximate surface area is 139 Å². The number of carbonyl (C=O) groups is 2. The minimum Gasteiger partial charge on any atom is -0.467 e. The number of rotatable bonds is 11. The number of amides is 1. The zero-order valence-electron chi connectivity index (χ0n) is 14.9. The lowest BCUT2D eigenvalue weighted by Crippen LogP contribution is -2.76. The van der Waals surface area contributed by atoms with E-state index in [0.717, 1.165) is 0 Å². The molecule has 0 bridgehead atoms. The Morgan fingerprint density at radius 2 is 1.57 bits per heavy atom. The number of hydrogen-bond donors (Lipinski definition) is 1. The fraction of sp³-hybridized carbons (Fsp3) is 0.733. The van der Waals surface area contributed by atoms with Crippen molar-refractivity contribution in [2.45, 2.75) is 46.2 Å². The van der Waals surface area contributed by atoms with Gasteiger partial charge in [-0.15, -0.1) is 0 Å². The normalized spacial score (nSPS) is 14.5. The van der Waals surface area contributed by atoms with E-state index in [0.29, 0.717) is 0 Å². The van der Waals surface area contributed by atoms with Crippen molar-refractivity contribution in [3.8, 4) is 0 Å². The molecule has 23 heavy (non-hydrogen) atoms. The van der Waals surface area contributed by atoms with Crippen molar-refractivity contribution in [2.75, 3.05) is 26.9 Å². The number of ether oxygens (including phenoxy) is 1. The highest BCUT2D eigenvalue weighted by molar-refractivity contribution is 6.69. The van der Waals surface area contributed by atoms with Crippen LogP contribution < -0.4 is 5.32 Å². The van der Waals surface area contributed by atoms with Crippen molar-refractivity contribution in [1.29, 1.82) is 0 Å². The van der Waals surface area contributed by atoms with Gasteiger partial charge in [-0.2, -0.15) is 0 Å². The van der Waals surface area contributed by atoms with E-state index >= 15 is 0 Å². The summed E-state index contributed by atoms with van der Waals surface area (Å²) in [6, 6.07) is 0. The van der Waals surface area contributed by atoms with Gasteiger partial charge in [0.15, 0.2) is 0 Å². The highest BCUT2D eigenvalue weighted by Gasteiger charge is 2.67. The van der Waals surface area contributed by atoms with Crippen LogP contribution in [0.5, 0.6) is 0 Å². The van der Waals surface area contributed by atoms with Crippen LogP contribution in [-0.4, -0.2) is 52.8 Å². The topological polar surface area (TPSA) is 83.1 Å². The molecule has 0 aromatic heterocycles. The van der Waals surface area contributed by atoms with Crippen LogP contribution in [0.25, 0.3) is 0 Å². The smallest absolute Gasteiger partial charge is 0.467 e. The van der Waals surface area contributed by atoms with E-state index in [1.807, 2.05) is 6.92 Å². The fourth-order valence-corrected chi connectivity index (χ4v) is 5.52. The first kappa shape index (κ1) is 21.8. The van der Waals surface area contributed by atoms with Crippen LogP contribution in [0.15, 0.2) is 12.2 Å². The second-order valence-corrected chi connectivity index (χ2v) is 7.54. The minimum atomic E-state index is -3.62. The molecular weight excluding hydrogens is 318 g/mol. The predicted molar refractivity (Wildman–Crippen MR) is 88.6 cm³/mol. The van der Waals surface area contributed by atoms with E-state index in [9.17, 15) is 9.59 Å². The van der Waals surface area contributed by atoms with Gasteiger partial charge in [-0.3, -0.25) is 4.79 Å². The molecule has 0 fully saturated rings. The van der Waals surface area contributed by atoms with Gasteiger partial charge in [0.2, 0.25) is 11.1 Å². The molecule has 7 nitrogen and oxygen atoms in total. The summed E-state index contributed by atoms with van der Waals surface area (Å²) in [5.41, 5.74) is 0. The average Bonchev–Trinajstić information content (AvgIpc) is 2.50. The van der Waals surface area contributed by atoms with E-state index in [-0.39, 0.29) is 26.2 Å². The lowest BCUT2D eigenvalue weighted by Gasteiger charge is -2.42. The molecule has 0 radical (unpaired) electrons. The summed E-state index contributed by atoms with van der Waals surface area (Å²) in [6.45, 7) is 9.33. The first-order chi connectivity index (χ1) is 10.9. The van der Waals surface area contributed by atoms with Gasteiger partial charge in [0.05, 0.1) is 7.11 Å². The van der Waals surface area contributed by atoms with Crippen molar-refractivity contribution in [3.63, 3.8) is 0 Å². The third-order valence-electron chi connectivity index (χ3n) is 3.11. The van der Waals surface area contributed by atoms with Crippen molar-refractivity contribution >= 4 is 20.7 Å². The maximum absolute atomic E-state index is 12.7. The Morgan fingerprint density at radius 3 is 1.87 bits per heavy atom. The quantitative estimate of drug-likeness (QED) is 0.347. The standard InChI is InChI=1S/C15H29NO6Si/c1-7-11-12-15(14(18)19-6,16-13(5)17)23(20-8-2,21-9-3)22-10-4/h7,11H,8-10,12H2,1-6H3,(H,16,17). The van der Waals surface area contributed by atoms with Crippen LogP contribution in [0.3, 0.4) is 0 Å². The molecule has 0 aliphatic rings. The molecule has 0 saturated heterocycles. The molecule has 0 aliphatic heterocycles. The zero-order chi connectivity index (χ0) is 17.9. The van der Waals surface area contributed by atoms with E-state index < -0.39 is 25.8 Å². The van der Waals surface area contributed by atoms with Gasteiger partial charge in [0, 0.05) is 33.2 Å². The van der Waals surface area contributed by atoms with Crippen LogP contribution in [0.4, 0.5) is 0 Å². The molecular formula is C15H29NO6Si. The molecule has 1 N–H and O–H groups in total. The Hall–Kier alpha value is -1.22. The summed E-state index contributed by atoms with van der Waals surface area (Å²) in [6.07, 6.45) is 3.69. The van der Waals surface area contributed by atoms with Gasteiger partial charge >= 0.3 is 14.8 Å². The fourth-order valence-electron chi connectivity index (χ4n) is 2.35. The SMILES string of the molecule is CC=CCC(NC(C)=O)(C(=O)OC)[Si](OCC)(OCC)OCC. The molecule has 134 valence electrons. The Kier molecular flexibility index (Phi) is 9.97. The Balaban J connectivity index is 6.31. The van der Waals surface area contributed by atoms with Crippen molar-refractivity contribution in [3.05, 3.63) is 12.2 Å². The average molecular weight is 347 g/mol. The van der Waals surface area contributed by atoms with Gasteiger partial charge < -0.3 is 23.3 Å². The monoisotopic (exact) mass is 347 g/mol. The lowest BCUT2D eigenvalue weighted by molar-refractivity contribution is -0.150. The van der Waals surface area contributed by atoms with Crippen LogP contribution >= 0.6 is 0 Å². The zero-order valence-corrected chi connectivity index (χ0v) is 15.9. The van der Waals surface area contributed by atoms with E-state index in [1.165, 1.54) is 14.0 Å². The highest BCUT2D eigenvalue weighted by Crippen LogP contribution is 2.30. The van der Waals surface area contributed by atoms with Crippen LogP contribution in [0, 0.1) is 0 Å². The summed E-state index contributed by atoms with van der Waals surface area (Å²) in [5, 5.41) is 1.17. The number of hydrogen-bond acceptors (Lipinski definition) is 6. The Morgan fingerprint density at radius 1 is 1.09 bits per heavy atom. The molecule has 8 heteroatoms. The molecule has 0 spiro atoms. The summed E-state index contributed by atoms with van der Waals surface area (Å²) in [7, 11) is -2.36. The van der Waals surface area contributed by atoms with Crippen LogP contribution in [0.1, 0.15) is 41.0 Å². The van der Waals surface area contributed by atoms with Crippen molar-refractivity contribution in [1.82, 2.24) is 5.32 Å². The second-order valence-electron chi connectivity index (χ2n) is 4.71. The van der Waals surface area contributed by atoms with Crippen molar-refractivity contribution in [2.24, 2.45) is 0 Å². The molecule has 1 unspecified atom stereocenters. The molecule has 0 aromatic rings. The Bertz CT molecular complexity index is 398. The van der Waals surface area contributed by atoms with Gasteiger partial charge in [0.25, 0.3) is 0 Å². The summed E-state index contributed by atoms with van der Waals surface area (Å²) in [4.78, 5) is 24.5. The number of nitrogens with one attached hydrogen (secondary N) is 1. The summed E-state index contributed by atoms with van der Waals surface area (Å²) >= 11 is 0. The molecule has 0 saturated carbocycles. The predicted octanol–water partition coefficient (Wildman–Crippen LogP) is 1.59. The summed E-state index contributed by atoms with van der Waals surface area (Å²) < 4.78 is 22.5. The first-order valence-corrected chi connectivity index (χ1v) is 9.52. The lowest BCUT2D eigenvalue weighted by atomic mass is 10.2. The van der Waals surface area contributed by atoms with Crippen LogP contribution in [0.2, 0.25) is 0 Å². The van der Waals surface area contributed by atoms with Gasteiger partial charge in [-0.25, -0.2) is 4.79 Å². The van der Waals surface area contributed by atoms with Crippen molar-refractivity contribution < 1.29 is 27.6 Å². The number of carbonyl (C=O) groups excluding carboxylic acids is 2. The third-order valence-corrected chi connectivity index (χ3v) is 6.69. The first-order valence-electron chi connectivity index (χ1n) is 7.79. The maximum atomic E-state index is 12.7. The maximum Gasteiger partial charge on any atom is 0.540 e. The molecule has 0 aromatic carbocycles. The highest BCUT2D eigenvalue weighted by atomic mass is 28.4. The molecule has 0 heterocycles. The minimum absolute atomic E-state index is 0.155. The number of methoxy groups -OCH3 is 1. The van der Waals surface area contributed by atoms with Gasteiger partial charge in [-0.05, 0) is 27.7 Å². The number of esters is 1. The molecule has 0 aliphatic carbocycles. The van der Waals surface area contributed by atoms with E-state index in [2.05, 4.69) is 5.32 Å². The summed E-state index contributed by atoms with van der Waals surface area (Å²) in [5.74, 6) is -1.04. The van der Waals surface area contributed by atoms with Gasteiger partial charge in [0.1, 0.15) is 0 Å². The van der Waals surface area contributed by atoms with Crippen LogP contribution in [-0.2, 0) is 27.6 Å². The van der Waals surface area contributed by atoms with Gasteiger partial charge in [-0.1, -0.05) is 12.2 Å². The molecule has 1 amide bonds. The largest absolute Gasteiger partial charge is 0.540 e. The molecule has 0 rings (SSSR count). The van der Waals surface area contributed by atoms with E-state index in [1.54, 1.807) is 32.9 Å². The molecule has 1 atom stereocenters. The van der Waals surface area contributed by atoms with E-state index in [4.69, 9.17) is 18.0 Å². The third kappa shape index (κ3) is 5.13.